The number of carbonyl (C=O) groups is 2. The Balaban J connectivity index is 1.50. The molecule has 3 aromatic rings. The van der Waals surface area contributed by atoms with Gasteiger partial charge in [-0.05, 0) is 53.9 Å². The van der Waals surface area contributed by atoms with Crippen molar-refractivity contribution in [1.82, 2.24) is 5.32 Å². The Hall–Kier alpha value is -3.80. The SMILES string of the molecule is COc1ccc(OC)c(CCNC(=O)[C@H]2Cc3ccccc3N2C(=O)c2ccccc2)c1. The van der Waals surface area contributed by atoms with Gasteiger partial charge in [-0.15, -0.1) is 0 Å². The Bertz CT molecular complexity index is 1110. The number of nitrogens with one attached hydrogen (secondary N) is 1. The van der Waals surface area contributed by atoms with Gasteiger partial charge in [-0.25, -0.2) is 0 Å². The second kappa shape index (κ2) is 9.56. The first-order chi connectivity index (χ1) is 15.6. The van der Waals surface area contributed by atoms with Crippen LogP contribution in [-0.4, -0.2) is 38.6 Å². The first-order valence-corrected chi connectivity index (χ1v) is 10.6. The van der Waals surface area contributed by atoms with Crippen LogP contribution in [-0.2, 0) is 17.6 Å². The molecule has 3 aromatic carbocycles. The van der Waals surface area contributed by atoms with Crippen molar-refractivity contribution in [2.24, 2.45) is 0 Å². The van der Waals surface area contributed by atoms with Crippen LogP contribution in [0.4, 0.5) is 5.69 Å². The van der Waals surface area contributed by atoms with E-state index in [1.807, 2.05) is 60.7 Å². The largest absolute Gasteiger partial charge is 0.497 e. The lowest BCUT2D eigenvalue weighted by Crippen LogP contribution is -2.48. The molecule has 1 aliphatic rings. The number of nitrogens with zero attached hydrogens (tertiary/aromatic N) is 1. The maximum absolute atomic E-state index is 13.3. The third-order valence-electron chi connectivity index (χ3n) is 5.70. The number of ether oxygens (including phenoxy) is 2. The first kappa shape index (κ1) is 21.4. The highest BCUT2D eigenvalue weighted by Crippen LogP contribution is 2.33. The lowest BCUT2D eigenvalue weighted by molar-refractivity contribution is -0.122. The van der Waals surface area contributed by atoms with Crippen LogP contribution in [0.3, 0.4) is 0 Å². The van der Waals surface area contributed by atoms with Gasteiger partial charge in [0.05, 0.1) is 14.2 Å². The van der Waals surface area contributed by atoms with Crippen LogP contribution in [0.2, 0.25) is 0 Å². The molecule has 2 amide bonds. The van der Waals surface area contributed by atoms with E-state index in [0.717, 1.165) is 28.3 Å². The number of amides is 2. The molecule has 0 bridgehead atoms. The normalized spacial score (nSPS) is 14.6. The summed E-state index contributed by atoms with van der Waals surface area (Å²) in [5.74, 6) is 1.13. The van der Waals surface area contributed by atoms with E-state index in [4.69, 9.17) is 9.47 Å². The van der Waals surface area contributed by atoms with Gasteiger partial charge < -0.3 is 14.8 Å². The quantitative estimate of drug-likeness (QED) is 0.622. The summed E-state index contributed by atoms with van der Waals surface area (Å²) in [5, 5.41) is 3.00. The van der Waals surface area contributed by atoms with Crippen molar-refractivity contribution in [2.75, 3.05) is 25.7 Å². The zero-order valence-electron chi connectivity index (χ0n) is 18.2. The molecule has 1 heterocycles. The van der Waals surface area contributed by atoms with Crippen LogP contribution in [0, 0.1) is 0 Å². The summed E-state index contributed by atoms with van der Waals surface area (Å²) in [6.45, 7) is 0.419. The van der Waals surface area contributed by atoms with Crippen LogP contribution in [0.1, 0.15) is 21.5 Å². The molecule has 164 valence electrons. The lowest BCUT2D eigenvalue weighted by Gasteiger charge is -2.25. The Morgan fingerprint density at radius 3 is 2.47 bits per heavy atom. The molecule has 0 aliphatic carbocycles. The van der Waals surface area contributed by atoms with Crippen LogP contribution in [0.25, 0.3) is 0 Å². The summed E-state index contributed by atoms with van der Waals surface area (Å²) in [5.41, 5.74) is 3.28. The molecule has 0 aromatic heterocycles. The molecule has 0 saturated heterocycles. The molecular formula is C26H26N2O4. The molecule has 6 heteroatoms. The fourth-order valence-electron chi connectivity index (χ4n) is 4.08. The zero-order chi connectivity index (χ0) is 22.5. The lowest BCUT2D eigenvalue weighted by atomic mass is 10.1. The Kier molecular flexibility index (Phi) is 6.40. The molecule has 6 nitrogen and oxygen atoms in total. The van der Waals surface area contributed by atoms with Crippen LogP contribution in [0.15, 0.2) is 72.8 Å². The van der Waals surface area contributed by atoms with Gasteiger partial charge in [0, 0.05) is 24.2 Å². The van der Waals surface area contributed by atoms with Crippen LogP contribution >= 0.6 is 0 Å². The van der Waals surface area contributed by atoms with E-state index in [9.17, 15) is 9.59 Å². The standard InChI is InChI=1S/C26H26N2O4/c1-31-21-12-13-24(32-2)20(16-21)14-15-27-25(29)23-17-19-10-6-7-11-22(19)28(23)26(30)18-8-4-3-5-9-18/h3-13,16,23H,14-15,17H2,1-2H3,(H,27,29)/t23-/m1/s1. The molecular weight excluding hydrogens is 404 g/mol. The summed E-state index contributed by atoms with van der Waals surface area (Å²) in [7, 11) is 3.23. The highest BCUT2D eigenvalue weighted by Gasteiger charge is 2.38. The minimum atomic E-state index is -0.590. The van der Waals surface area contributed by atoms with Gasteiger partial charge in [0.25, 0.3) is 5.91 Å². The molecule has 1 N–H and O–H groups in total. The van der Waals surface area contributed by atoms with Crippen molar-refractivity contribution in [3.05, 3.63) is 89.5 Å². The predicted molar refractivity (Wildman–Crippen MR) is 123 cm³/mol. The van der Waals surface area contributed by atoms with Crippen molar-refractivity contribution < 1.29 is 19.1 Å². The van der Waals surface area contributed by atoms with E-state index < -0.39 is 6.04 Å². The van der Waals surface area contributed by atoms with Gasteiger partial charge >= 0.3 is 0 Å². The summed E-state index contributed by atoms with van der Waals surface area (Å²) in [4.78, 5) is 28.1. The number of benzene rings is 3. The number of rotatable bonds is 7. The van der Waals surface area contributed by atoms with Gasteiger partial charge in [0.1, 0.15) is 17.5 Å². The number of para-hydroxylation sites is 1. The molecule has 1 aliphatic heterocycles. The van der Waals surface area contributed by atoms with Gasteiger partial charge in [-0.1, -0.05) is 36.4 Å². The molecule has 0 spiro atoms. The maximum atomic E-state index is 13.3. The fourth-order valence-corrected chi connectivity index (χ4v) is 4.08. The molecule has 4 rings (SSSR count). The van der Waals surface area contributed by atoms with Gasteiger partial charge in [0.2, 0.25) is 5.91 Å². The van der Waals surface area contributed by atoms with Crippen molar-refractivity contribution in [1.29, 1.82) is 0 Å². The maximum Gasteiger partial charge on any atom is 0.259 e. The minimum Gasteiger partial charge on any atom is -0.497 e. The number of methoxy groups -OCH3 is 2. The highest BCUT2D eigenvalue weighted by atomic mass is 16.5. The average Bonchev–Trinajstić information content (AvgIpc) is 3.23. The van der Waals surface area contributed by atoms with E-state index in [2.05, 4.69) is 5.32 Å². The van der Waals surface area contributed by atoms with E-state index >= 15 is 0 Å². The van der Waals surface area contributed by atoms with E-state index in [-0.39, 0.29) is 11.8 Å². The smallest absolute Gasteiger partial charge is 0.259 e. The topological polar surface area (TPSA) is 67.9 Å². The number of fused-ring (bicyclic) bond motifs is 1. The van der Waals surface area contributed by atoms with Crippen molar-refractivity contribution >= 4 is 17.5 Å². The second-order valence-corrected chi connectivity index (χ2v) is 7.61. The molecule has 32 heavy (non-hydrogen) atoms. The Morgan fingerprint density at radius 2 is 1.72 bits per heavy atom. The monoisotopic (exact) mass is 430 g/mol. The zero-order valence-corrected chi connectivity index (χ0v) is 18.2. The van der Waals surface area contributed by atoms with Gasteiger partial charge in [-0.3, -0.25) is 14.5 Å². The predicted octanol–water partition coefficient (Wildman–Crippen LogP) is 3.63. The van der Waals surface area contributed by atoms with Crippen molar-refractivity contribution in [2.45, 2.75) is 18.9 Å². The first-order valence-electron chi connectivity index (χ1n) is 10.6. The van der Waals surface area contributed by atoms with Crippen molar-refractivity contribution in [3.8, 4) is 11.5 Å². The minimum absolute atomic E-state index is 0.174. The fraction of sp³-hybridized carbons (Fsp3) is 0.231. The molecule has 1 atom stereocenters. The summed E-state index contributed by atoms with van der Waals surface area (Å²) < 4.78 is 10.7. The van der Waals surface area contributed by atoms with E-state index in [1.54, 1.807) is 31.3 Å². The van der Waals surface area contributed by atoms with Crippen LogP contribution in [0.5, 0.6) is 11.5 Å². The summed E-state index contributed by atoms with van der Waals surface area (Å²) >= 11 is 0. The highest BCUT2D eigenvalue weighted by molar-refractivity contribution is 6.11. The number of hydrogen-bond acceptors (Lipinski definition) is 4. The van der Waals surface area contributed by atoms with Crippen LogP contribution < -0.4 is 19.7 Å². The molecule has 0 unspecified atom stereocenters. The van der Waals surface area contributed by atoms with E-state index in [0.29, 0.717) is 24.9 Å². The molecule has 0 fully saturated rings. The summed E-state index contributed by atoms with van der Waals surface area (Å²) in [6, 6.07) is 21.7. The second-order valence-electron chi connectivity index (χ2n) is 7.61. The Morgan fingerprint density at radius 1 is 0.969 bits per heavy atom. The number of carbonyl (C=O) groups excluding carboxylic acids is 2. The number of anilines is 1. The Labute approximate surface area is 187 Å². The van der Waals surface area contributed by atoms with Gasteiger partial charge in [-0.2, -0.15) is 0 Å². The third kappa shape index (κ3) is 4.30. The number of hydrogen-bond donors (Lipinski definition) is 1. The third-order valence-corrected chi connectivity index (χ3v) is 5.70. The molecule has 0 radical (unpaired) electrons. The average molecular weight is 431 g/mol. The summed E-state index contributed by atoms with van der Waals surface area (Å²) in [6.07, 6.45) is 1.07. The van der Waals surface area contributed by atoms with E-state index in [1.165, 1.54) is 0 Å². The van der Waals surface area contributed by atoms with Gasteiger partial charge in [0.15, 0.2) is 0 Å². The molecule has 0 saturated carbocycles. The van der Waals surface area contributed by atoms with Crippen molar-refractivity contribution in [3.63, 3.8) is 0 Å².